The van der Waals surface area contributed by atoms with Gasteiger partial charge in [0.05, 0.1) is 23.4 Å². The number of thiazole rings is 1. The molecule has 2 N–H and O–H groups in total. The van der Waals surface area contributed by atoms with Crippen molar-refractivity contribution in [3.63, 3.8) is 0 Å². The largest absolute Gasteiger partial charge is 0.497 e. The number of hydrogen-bond donors (Lipinski definition) is 2. The van der Waals surface area contributed by atoms with Crippen molar-refractivity contribution in [1.82, 2.24) is 4.98 Å². The van der Waals surface area contributed by atoms with Crippen LogP contribution in [0.4, 0.5) is 16.5 Å². The minimum atomic E-state index is -0.0126. The normalized spacial score (nSPS) is 13.7. The van der Waals surface area contributed by atoms with Gasteiger partial charge in [-0.3, -0.25) is 0 Å². The van der Waals surface area contributed by atoms with E-state index in [9.17, 15) is 5.11 Å². The number of fused-ring (bicyclic) bond motifs is 1. The highest BCUT2D eigenvalue weighted by Crippen LogP contribution is 2.42. The van der Waals surface area contributed by atoms with Crippen LogP contribution in [-0.2, 0) is 0 Å². The van der Waals surface area contributed by atoms with Crippen molar-refractivity contribution in [1.29, 1.82) is 0 Å². The number of aromatic nitrogens is 1. The van der Waals surface area contributed by atoms with E-state index in [1.807, 2.05) is 85.8 Å². The van der Waals surface area contributed by atoms with E-state index in [-0.39, 0.29) is 5.88 Å². The number of nitrogens with one attached hydrogen (secondary N) is 1. The molecule has 158 valence electrons. The van der Waals surface area contributed by atoms with E-state index in [0.29, 0.717) is 10.0 Å². The molecule has 5 nitrogen and oxygen atoms in total. The van der Waals surface area contributed by atoms with Gasteiger partial charge < -0.3 is 15.2 Å². The number of allylic oxidation sites excluding steroid dienone is 1. The highest BCUT2D eigenvalue weighted by atomic mass is 32.1. The third-order valence-electron chi connectivity index (χ3n) is 5.21. The summed E-state index contributed by atoms with van der Waals surface area (Å²) in [4.78, 5) is 9.85. The van der Waals surface area contributed by atoms with E-state index in [4.69, 9.17) is 9.73 Å². The fourth-order valence-corrected chi connectivity index (χ4v) is 4.50. The lowest BCUT2D eigenvalue weighted by molar-refractivity contribution is 0.415. The molecule has 2 heterocycles. The molecule has 5 rings (SSSR count). The number of aliphatic imine (C=N–C) groups is 1. The first-order valence-corrected chi connectivity index (χ1v) is 11.0. The number of hydrogen-bond acceptors (Lipinski definition) is 6. The fourth-order valence-electron chi connectivity index (χ4n) is 3.67. The molecule has 0 spiro atoms. The van der Waals surface area contributed by atoms with Gasteiger partial charge in [0.15, 0.2) is 5.13 Å². The standard InChI is InChI=1S/C26H21N3O2S/c1-16-7-6-10-18(13-16)27-26-29-25(30)23(32-26)15-21-20-14-19(31-2)11-12-22(20)28-24(21)17-8-4-3-5-9-17/h3-15,30H,1-2H3,(H,27,29). The summed E-state index contributed by atoms with van der Waals surface area (Å²) < 4.78 is 5.44. The quantitative estimate of drug-likeness (QED) is 0.368. The summed E-state index contributed by atoms with van der Waals surface area (Å²) in [6.07, 6.45) is 1.95. The van der Waals surface area contributed by atoms with Crippen molar-refractivity contribution in [2.45, 2.75) is 6.92 Å². The Balaban J connectivity index is 1.57. The van der Waals surface area contributed by atoms with Crippen molar-refractivity contribution in [2.75, 3.05) is 12.4 Å². The summed E-state index contributed by atoms with van der Waals surface area (Å²) in [5, 5.41) is 14.5. The summed E-state index contributed by atoms with van der Waals surface area (Å²) in [6.45, 7) is 2.04. The van der Waals surface area contributed by atoms with Crippen molar-refractivity contribution >= 4 is 45.2 Å². The average molecular weight is 440 g/mol. The Morgan fingerprint density at radius 2 is 1.84 bits per heavy atom. The second-order valence-corrected chi connectivity index (χ2v) is 8.50. The number of methoxy groups -OCH3 is 1. The fraction of sp³-hybridized carbons (Fsp3) is 0.0769. The van der Waals surface area contributed by atoms with E-state index >= 15 is 0 Å². The molecule has 0 atom stereocenters. The second-order valence-electron chi connectivity index (χ2n) is 7.47. The molecule has 3 aromatic carbocycles. The van der Waals surface area contributed by atoms with Crippen LogP contribution in [0.3, 0.4) is 0 Å². The Morgan fingerprint density at radius 1 is 1.00 bits per heavy atom. The molecule has 0 aliphatic carbocycles. The van der Waals surface area contributed by atoms with E-state index in [0.717, 1.165) is 45.1 Å². The van der Waals surface area contributed by atoms with E-state index in [2.05, 4.69) is 10.3 Å². The van der Waals surface area contributed by atoms with Crippen molar-refractivity contribution in [2.24, 2.45) is 4.99 Å². The molecule has 1 aromatic heterocycles. The van der Waals surface area contributed by atoms with Gasteiger partial charge in [0.2, 0.25) is 5.88 Å². The van der Waals surface area contributed by atoms with Crippen LogP contribution < -0.4 is 10.1 Å². The van der Waals surface area contributed by atoms with Gasteiger partial charge in [-0.2, -0.15) is 4.98 Å². The minimum absolute atomic E-state index is 0.0126. The highest BCUT2D eigenvalue weighted by molar-refractivity contribution is 7.16. The summed E-state index contributed by atoms with van der Waals surface area (Å²) in [5.41, 5.74) is 6.71. The Hall–Kier alpha value is -3.90. The second kappa shape index (κ2) is 8.32. The van der Waals surface area contributed by atoms with Gasteiger partial charge >= 0.3 is 0 Å². The smallest absolute Gasteiger partial charge is 0.231 e. The maximum Gasteiger partial charge on any atom is 0.231 e. The molecule has 6 heteroatoms. The van der Waals surface area contributed by atoms with E-state index < -0.39 is 0 Å². The lowest BCUT2D eigenvalue weighted by Gasteiger charge is -2.07. The molecular weight excluding hydrogens is 418 g/mol. The number of anilines is 2. The third-order valence-corrected chi connectivity index (χ3v) is 6.11. The van der Waals surface area contributed by atoms with Crippen LogP contribution in [0.5, 0.6) is 11.6 Å². The molecule has 0 unspecified atom stereocenters. The molecule has 1 aliphatic heterocycles. The first-order valence-electron chi connectivity index (χ1n) is 10.2. The zero-order valence-corrected chi connectivity index (χ0v) is 18.5. The molecule has 0 radical (unpaired) electrons. The predicted octanol–water partition coefficient (Wildman–Crippen LogP) is 6.58. The van der Waals surface area contributed by atoms with Gasteiger partial charge in [-0.25, -0.2) is 4.99 Å². The third kappa shape index (κ3) is 3.88. The van der Waals surface area contributed by atoms with Crippen LogP contribution in [0, 0.1) is 6.92 Å². The zero-order chi connectivity index (χ0) is 22.1. The summed E-state index contributed by atoms with van der Waals surface area (Å²) in [7, 11) is 1.65. The Kier molecular flexibility index (Phi) is 5.21. The molecule has 0 amide bonds. The van der Waals surface area contributed by atoms with E-state index in [1.165, 1.54) is 11.3 Å². The molecule has 4 aromatic rings. The van der Waals surface area contributed by atoms with Crippen LogP contribution >= 0.6 is 11.3 Å². The molecule has 0 bridgehead atoms. The van der Waals surface area contributed by atoms with Crippen LogP contribution in [0.2, 0.25) is 0 Å². The molecule has 0 saturated carbocycles. The number of aryl methyl sites for hydroxylation is 1. The van der Waals surface area contributed by atoms with Gasteiger partial charge in [0.25, 0.3) is 0 Å². The highest BCUT2D eigenvalue weighted by Gasteiger charge is 2.24. The number of rotatable bonds is 5. The minimum Gasteiger partial charge on any atom is -0.497 e. The first kappa shape index (κ1) is 20.0. The Morgan fingerprint density at radius 3 is 2.62 bits per heavy atom. The maximum absolute atomic E-state index is 10.6. The molecular formula is C26H21N3O2S. The Labute approximate surface area is 190 Å². The predicted molar refractivity (Wildman–Crippen MR) is 132 cm³/mol. The lowest BCUT2D eigenvalue weighted by Crippen LogP contribution is -1.99. The monoisotopic (exact) mass is 439 g/mol. The number of benzene rings is 3. The van der Waals surface area contributed by atoms with Crippen LogP contribution in [-0.4, -0.2) is 22.9 Å². The SMILES string of the molecule is COc1ccc2c(c1)C(=Cc1sc(Nc3cccc(C)c3)nc1O)C(c1ccccc1)=N2. The molecule has 32 heavy (non-hydrogen) atoms. The van der Waals surface area contributed by atoms with Gasteiger partial charge in [0.1, 0.15) is 5.75 Å². The number of nitrogens with zero attached hydrogens (tertiary/aromatic N) is 2. The first-order chi connectivity index (χ1) is 15.6. The summed E-state index contributed by atoms with van der Waals surface area (Å²) in [6, 6.07) is 23.9. The van der Waals surface area contributed by atoms with Crippen LogP contribution in [0.1, 0.15) is 21.6 Å². The summed E-state index contributed by atoms with van der Waals surface area (Å²) in [5.74, 6) is 0.746. The van der Waals surface area contributed by atoms with Crippen molar-refractivity contribution in [3.8, 4) is 11.6 Å². The van der Waals surface area contributed by atoms with E-state index in [1.54, 1.807) is 7.11 Å². The lowest BCUT2D eigenvalue weighted by atomic mass is 9.97. The number of aromatic hydroxyl groups is 1. The van der Waals surface area contributed by atoms with Crippen molar-refractivity contribution < 1.29 is 9.84 Å². The molecule has 0 fully saturated rings. The van der Waals surface area contributed by atoms with Crippen LogP contribution in [0.15, 0.2) is 77.8 Å². The number of ether oxygens (including phenoxy) is 1. The van der Waals surface area contributed by atoms with Gasteiger partial charge in [0, 0.05) is 22.4 Å². The van der Waals surface area contributed by atoms with Gasteiger partial charge in [-0.05, 0) is 48.9 Å². The van der Waals surface area contributed by atoms with Gasteiger partial charge in [-0.15, -0.1) is 0 Å². The maximum atomic E-state index is 10.6. The topological polar surface area (TPSA) is 66.7 Å². The average Bonchev–Trinajstić information content (AvgIpc) is 3.34. The molecule has 1 aliphatic rings. The zero-order valence-electron chi connectivity index (χ0n) is 17.7. The Bertz CT molecular complexity index is 1360. The van der Waals surface area contributed by atoms with Crippen molar-refractivity contribution in [3.05, 3.63) is 94.4 Å². The summed E-state index contributed by atoms with van der Waals surface area (Å²) >= 11 is 1.39. The van der Waals surface area contributed by atoms with Gasteiger partial charge in [-0.1, -0.05) is 53.8 Å². The molecule has 0 saturated heterocycles. The van der Waals surface area contributed by atoms with Crippen LogP contribution in [0.25, 0.3) is 11.6 Å².